The summed E-state index contributed by atoms with van der Waals surface area (Å²) < 4.78 is 69.0. The standard InChI is InChI=1S/C19H26ClN3O6.C5H5.F6P.Ru/c1-19(2,3)29-18(27)23-13(10-15(21)24)16(25)22-14(17(26)28-4)9-11-5-7-12(20)8-6-11;1-2-4-5-3-1;1-7(2,3,4,5)6;/h5-8,13-14H,9-10H2,1-4H3,(H2,21,24)(H,22,25)(H,23,27);1-5H;;/q;;-1;+2/t13-,14-;;;/m0.../s1. The van der Waals surface area contributed by atoms with Crippen LogP contribution < -0.4 is 16.4 Å². The fourth-order valence-corrected chi connectivity index (χ4v) is 2.77. The fourth-order valence-electron chi connectivity index (χ4n) is 2.65. The number of benzene rings is 1. The summed E-state index contributed by atoms with van der Waals surface area (Å²) in [5, 5.41) is 5.30. The summed E-state index contributed by atoms with van der Waals surface area (Å²) in [5.41, 5.74) is 5.09. The van der Waals surface area contributed by atoms with Gasteiger partial charge in [-0.1, -0.05) is 23.7 Å². The third-order valence-corrected chi connectivity index (χ3v) is 4.38. The number of amides is 3. The topological polar surface area (TPSA) is 137 Å². The Morgan fingerprint density at radius 1 is 0.881 bits per heavy atom. The van der Waals surface area contributed by atoms with Crippen LogP contribution in [-0.2, 0) is 49.8 Å². The summed E-state index contributed by atoms with van der Waals surface area (Å²) in [7, 11) is -9.47. The molecule has 0 heterocycles. The molecule has 5 radical (unpaired) electrons. The second-order valence-corrected chi connectivity index (χ2v) is 11.6. The van der Waals surface area contributed by atoms with Gasteiger partial charge in [-0.05, 0) is 70.6 Å². The SMILES string of the molecule is COC(=O)[C@H](Cc1ccc(Cl)cc1)NC(=O)[C@H](CC(N)=O)NC(=O)OC(C)(C)C.F[P-](F)(F)(F)(F)F.[CH]1[CH][CH][CH][CH]1.[Ru+2]. The number of esters is 1. The zero-order chi connectivity index (χ0) is 32.1. The third-order valence-electron chi connectivity index (χ3n) is 4.12. The molecule has 0 aromatic heterocycles. The van der Waals surface area contributed by atoms with E-state index in [2.05, 4.69) is 10.6 Å². The number of hydrogen-bond acceptors (Lipinski definition) is 6. The van der Waals surface area contributed by atoms with Gasteiger partial charge in [-0.3, -0.25) is 9.59 Å². The minimum absolute atomic E-state index is 0. The number of methoxy groups -OCH3 is 1. The number of nitrogens with two attached hydrogens (primary N) is 1. The molecule has 0 aliphatic heterocycles. The molecule has 1 aromatic carbocycles. The van der Waals surface area contributed by atoms with E-state index in [1.54, 1.807) is 45.0 Å². The van der Waals surface area contributed by atoms with E-state index >= 15 is 0 Å². The van der Waals surface area contributed by atoms with E-state index in [1.165, 1.54) is 7.11 Å². The van der Waals surface area contributed by atoms with Gasteiger partial charge in [-0.25, -0.2) is 9.59 Å². The molecular weight excluding hydrogens is 708 g/mol. The maximum absolute atomic E-state index is 12.6. The summed E-state index contributed by atoms with van der Waals surface area (Å²) in [6.07, 6.45) is 8.75. The molecule has 0 saturated heterocycles. The Morgan fingerprint density at radius 2 is 1.31 bits per heavy atom. The Balaban J connectivity index is 0. The van der Waals surface area contributed by atoms with Crippen molar-refractivity contribution in [3.63, 3.8) is 0 Å². The van der Waals surface area contributed by atoms with Crippen LogP contribution in [0.25, 0.3) is 0 Å². The van der Waals surface area contributed by atoms with Crippen molar-refractivity contribution in [2.75, 3.05) is 7.11 Å². The van der Waals surface area contributed by atoms with Crippen LogP contribution in [0.4, 0.5) is 30.0 Å². The van der Waals surface area contributed by atoms with Gasteiger partial charge in [0.25, 0.3) is 0 Å². The first-order chi connectivity index (χ1) is 18.4. The van der Waals surface area contributed by atoms with E-state index in [0.717, 1.165) is 5.56 Å². The smallest absolute Gasteiger partial charge is 0.0312 e. The van der Waals surface area contributed by atoms with Gasteiger partial charge in [0.1, 0.15) is 17.7 Å². The number of carbonyl (C=O) groups excluding carboxylic acids is 4. The summed E-state index contributed by atoms with van der Waals surface area (Å²) in [4.78, 5) is 48.1. The molecule has 0 bridgehead atoms. The van der Waals surface area contributed by atoms with Crippen LogP contribution in [0.15, 0.2) is 24.3 Å². The number of rotatable bonds is 8. The van der Waals surface area contributed by atoms with Gasteiger partial charge < -0.3 is 25.8 Å². The van der Waals surface area contributed by atoms with Crippen LogP contribution in [0.1, 0.15) is 32.8 Å². The fraction of sp³-hybridized carbons (Fsp3) is 0.375. The number of alkyl carbamates (subject to hydrolysis) is 1. The Kier molecular flexibility index (Phi) is 16.6. The predicted octanol–water partition coefficient (Wildman–Crippen LogP) is 5.71. The van der Waals surface area contributed by atoms with Gasteiger partial charge in [0.2, 0.25) is 11.8 Å². The van der Waals surface area contributed by atoms with E-state index in [1.807, 2.05) is 32.1 Å². The van der Waals surface area contributed by atoms with Gasteiger partial charge in [0, 0.05) is 11.4 Å². The minimum atomic E-state index is -10.7. The Labute approximate surface area is 257 Å². The molecule has 0 spiro atoms. The van der Waals surface area contributed by atoms with Crippen molar-refractivity contribution in [1.82, 2.24) is 10.6 Å². The molecule has 4 N–H and O–H groups in total. The molecule has 2 rings (SSSR count). The van der Waals surface area contributed by atoms with Crippen LogP contribution in [0.5, 0.6) is 0 Å². The van der Waals surface area contributed by atoms with Gasteiger partial charge >= 0.3 is 64.5 Å². The Bertz CT molecular complexity index is 1020. The number of primary amides is 1. The Hall–Kier alpha value is -2.18. The summed E-state index contributed by atoms with van der Waals surface area (Å²) in [6, 6.07) is 4.32. The minimum Gasteiger partial charge on any atom is -0.0312 e. The van der Waals surface area contributed by atoms with Gasteiger partial charge in [-0.15, -0.1) is 0 Å². The van der Waals surface area contributed by atoms with Crippen LogP contribution in [0.3, 0.4) is 0 Å². The summed E-state index contributed by atoms with van der Waals surface area (Å²) >= 11 is 5.85. The zero-order valence-electron chi connectivity index (χ0n) is 22.7. The van der Waals surface area contributed by atoms with Crippen LogP contribution in [-0.4, -0.2) is 48.7 Å². The van der Waals surface area contributed by atoms with Crippen LogP contribution in [0, 0.1) is 32.1 Å². The van der Waals surface area contributed by atoms with E-state index in [9.17, 15) is 44.4 Å². The molecule has 0 unspecified atom stereocenters. The van der Waals surface area contributed by atoms with Crippen molar-refractivity contribution in [1.29, 1.82) is 0 Å². The van der Waals surface area contributed by atoms with Crippen molar-refractivity contribution in [2.24, 2.45) is 5.73 Å². The molecule has 239 valence electrons. The second-order valence-electron chi connectivity index (χ2n) is 9.20. The molecule has 1 aliphatic rings. The number of halogens is 7. The van der Waals surface area contributed by atoms with Gasteiger partial charge in [0.05, 0.1) is 13.5 Å². The third kappa shape index (κ3) is 26.7. The van der Waals surface area contributed by atoms with Crippen molar-refractivity contribution < 1.29 is 73.3 Å². The van der Waals surface area contributed by atoms with Crippen molar-refractivity contribution >= 4 is 43.3 Å². The van der Waals surface area contributed by atoms with Gasteiger partial charge in [-0.2, -0.15) is 0 Å². The molecule has 1 aliphatic carbocycles. The second kappa shape index (κ2) is 16.6. The average Bonchev–Trinajstić information content (AvgIpc) is 3.35. The number of ether oxygens (including phenoxy) is 2. The molecule has 18 heteroatoms. The molecule has 42 heavy (non-hydrogen) atoms. The van der Waals surface area contributed by atoms with E-state index in [0.29, 0.717) is 5.02 Å². The van der Waals surface area contributed by atoms with E-state index in [-0.39, 0.29) is 25.9 Å². The molecule has 3 amide bonds. The summed E-state index contributed by atoms with van der Waals surface area (Å²) in [5.74, 6) is -2.28. The number of carbonyl (C=O) groups is 4. The summed E-state index contributed by atoms with van der Waals surface area (Å²) in [6.45, 7) is 4.94. The predicted molar refractivity (Wildman–Crippen MR) is 141 cm³/mol. The van der Waals surface area contributed by atoms with Crippen molar-refractivity contribution in [2.45, 2.75) is 51.3 Å². The molecule has 2 atom stereocenters. The molecule has 9 nitrogen and oxygen atoms in total. The molecule has 1 saturated carbocycles. The largest absolute Gasteiger partial charge is 2.00 e. The number of hydrogen-bond donors (Lipinski definition) is 3. The van der Waals surface area contributed by atoms with Crippen LogP contribution >= 0.6 is 19.4 Å². The Morgan fingerprint density at radius 3 is 1.67 bits per heavy atom. The molecular formula is C24H31ClF6N3O6PRu+. The van der Waals surface area contributed by atoms with Gasteiger partial charge in [0.15, 0.2) is 0 Å². The van der Waals surface area contributed by atoms with Crippen molar-refractivity contribution in [3.05, 3.63) is 67.0 Å². The maximum atomic E-state index is 12.6. The molecule has 1 aromatic rings. The first-order valence-electron chi connectivity index (χ1n) is 11.5. The van der Waals surface area contributed by atoms with Crippen molar-refractivity contribution in [3.8, 4) is 0 Å². The quantitative estimate of drug-likeness (QED) is 0.135. The normalized spacial score (nSPS) is 15.7. The first kappa shape index (κ1) is 42.0. The maximum Gasteiger partial charge on any atom is 2.00 e. The monoisotopic (exact) mass is 739 g/mol. The average molecular weight is 739 g/mol. The molecule has 1 fully saturated rings. The first-order valence-corrected chi connectivity index (χ1v) is 13.9. The van der Waals surface area contributed by atoms with E-state index < -0.39 is 55.8 Å². The van der Waals surface area contributed by atoms with E-state index in [4.69, 9.17) is 26.8 Å². The zero-order valence-corrected chi connectivity index (χ0v) is 26.1. The number of nitrogens with one attached hydrogen (secondary N) is 2. The van der Waals surface area contributed by atoms with Crippen LogP contribution in [0.2, 0.25) is 5.02 Å².